The van der Waals surface area contributed by atoms with E-state index in [1.54, 1.807) is 12.3 Å². The van der Waals surface area contributed by atoms with Gasteiger partial charge in [-0.05, 0) is 6.07 Å². The lowest BCUT2D eigenvalue weighted by atomic mass is 10.3. The number of aromatic amines is 2. The van der Waals surface area contributed by atoms with E-state index >= 15 is 0 Å². The van der Waals surface area contributed by atoms with E-state index in [1.165, 1.54) is 6.33 Å². The first-order chi connectivity index (χ1) is 10.3. The highest BCUT2D eigenvalue weighted by Gasteiger charge is 2.38. The standard InChI is InChI=1S/C8H7N7.C2HF3O2/c9-8-13-4-1-2-10-6(5(4)14-8)7-11-3-12-15-7;3-2(4,5)1(6)7/h1-3H,(H3,9,13,14)(H,11,12,15);(H,6,7). The summed E-state index contributed by atoms with van der Waals surface area (Å²) < 4.78 is 31.7. The molecule has 0 unspecified atom stereocenters. The number of H-pyrrole nitrogens is 2. The van der Waals surface area contributed by atoms with Crippen molar-refractivity contribution < 1.29 is 23.1 Å². The maximum Gasteiger partial charge on any atom is 0.490 e. The molecule has 0 aliphatic carbocycles. The largest absolute Gasteiger partial charge is 0.490 e. The summed E-state index contributed by atoms with van der Waals surface area (Å²) in [5, 5.41) is 13.6. The molecule has 3 aromatic rings. The second-order valence-corrected chi connectivity index (χ2v) is 3.81. The Hall–Kier alpha value is -3.18. The number of carbonyl (C=O) groups is 1. The minimum Gasteiger partial charge on any atom is -0.475 e. The van der Waals surface area contributed by atoms with E-state index in [0.717, 1.165) is 5.52 Å². The molecule has 0 aliphatic rings. The molecule has 0 amide bonds. The molecule has 0 saturated carbocycles. The first-order valence-electron chi connectivity index (χ1n) is 5.55. The molecule has 0 bridgehead atoms. The molecule has 0 fully saturated rings. The SMILES string of the molecule is Nc1nc2c(-c3ncn[nH]3)nccc2[nH]1.O=C(O)C(F)(F)F. The van der Waals surface area contributed by atoms with Crippen molar-refractivity contribution >= 4 is 23.0 Å². The number of imidazole rings is 1. The summed E-state index contributed by atoms with van der Waals surface area (Å²) >= 11 is 0. The summed E-state index contributed by atoms with van der Waals surface area (Å²) in [7, 11) is 0. The average Bonchev–Trinajstić information content (AvgIpc) is 3.04. The van der Waals surface area contributed by atoms with Crippen molar-refractivity contribution in [1.29, 1.82) is 0 Å². The van der Waals surface area contributed by atoms with Gasteiger partial charge in [0, 0.05) is 6.20 Å². The van der Waals surface area contributed by atoms with E-state index < -0.39 is 12.1 Å². The highest BCUT2D eigenvalue weighted by atomic mass is 19.4. The van der Waals surface area contributed by atoms with E-state index in [9.17, 15) is 13.2 Å². The van der Waals surface area contributed by atoms with Crippen molar-refractivity contribution in [1.82, 2.24) is 30.1 Å². The van der Waals surface area contributed by atoms with Crippen molar-refractivity contribution in [3.05, 3.63) is 18.6 Å². The molecule has 0 atom stereocenters. The Balaban J connectivity index is 0.000000217. The zero-order chi connectivity index (χ0) is 16.3. The van der Waals surface area contributed by atoms with Gasteiger partial charge in [0.2, 0.25) is 0 Å². The summed E-state index contributed by atoms with van der Waals surface area (Å²) in [6.07, 6.45) is -2.00. The predicted octanol–water partition coefficient (Wildman–Crippen LogP) is 0.958. The number of nitrogens with one attached hydrogen (secondary N) is 2. The van der Waals surface area contributed by atoms with Crippen molar-refractivity contribution in [2.45, 2.75) is 6.18 Å². The Morgan fingerprint density at radius 3 is 2.55 bits per heavy atom. The van der Waals surface area contributed by atoms with Crippen LogP contribution in [0.25, 0.3) is 22.6 Å². The molecule has 3 aromatic heterocycles. The Bertz CT molecular complexity index is 782. The van der Waals surface area contributed by atoms with Crippen LogP contribution in [0, 0.1) is 0 Å². The normalized spacial score (nSPS) is 11.0. The minimum absolute atomic E-state index is 0.360. The first-order valence-corrected chi connectivity index (χ1v) is 5.55. The minimum atomic E-state index is -5.08. The van der Waals surface area contributed by atoms with E-state index in [4.69, 9.17) is 15.6 Å². The van der Waals surface area contributed by atoms with Crippen LogP contribution in [-0.2, 0) is 4.79 Å². The lowest BCUT2D eigenvalue weighted by Crippen LogP contribution is -2.21. The zero-order valence-corrected chi connectivity index (χ0v) is 10.6. The number of hydrogen-bond acceptors (Lipinski definition) is 6. The number of carboxylic acids is 1. The second-order valence-electron chi connectivity index (χ2n) is 3.81. The molecule has 3 rings (SSSR count). The van der Waals surface area contributed by atoms with E-state index in [-0.39, 0.29) is 0 Å². The monoisotopic (exact) mass is 315 g/mol. The van der Waals surface area contributed by atoms with Gasteiger partial charge in [0.25, 0.3) is 0 Å². The molecule has 116 valence electrons. The third-order valence-corrected chi connectivity index (χ3v) is 2.30. The maximum absolute atomic E-state index is 10.6. The molecular formula is C10H8F3N7O2. The fourth-order valence-electron chi connectivity index (χ4n) is 1.45. The fraction of sp³-hybridized carbons (Fsp3) is 0.100. The molecule has 0 saturated heterocycles. The highest BCUT2D eigenvalue weighted by Crippen LogP contribution is 2.21. The molecule has 3 heterocycles. The zero-order valence-electron chi connectivity index (χ0n) is 10.6. The number of alkyl halides is 3. The van der Waals surface area contributed by atoms with Gasteiger partial charge in [-0.25, -0.2) is 14.8 Å². The highest BCUT2D eigenvalue weighted by molar-refractivity contribution is 5.88. The Labute approximate surface area is 119 Å². The number of nitrogens with two attached hydrogens (primary N) is 1. The predicted molar refractivity (Wildman–Crippen MR) is 67.4 cm³/mol. The van der Waals surface area contributed by atoms with Crippen LogP contribution in [0.4, 0.5) is 19.1 Å². The van der Waals surface area contributed by atoms with E-state index in [2.05, 4.69) is 30.1 Å². The first kappa shape index (κ1) is 15.2. The van der Waals surface area contributed by atoms with Crippen LogP contribution in [0.5, 0.6) is 0 Å². The number of hydrogen-bond donors (Lipinski definition) is 4. The fourth-order valence-corrected chi connectivity index (χ4v) is 1.45. The molecule has 0 aliphatic heterocycles. The maximum atomic E-state index is 10.6. The Morgan fingerprint density at radius 2 is 2.00 bits per heavy atom. The number of rotatable bonds is 1. The number of aliphatic carboxylic acids is 1. The molecule has 0 radical (unpaired) electrons. The molecule has 12 heteroatoms. The van der Waals surface area contributed by atoms with Gasteiger partial charge in [-0.2, -0.15) is 18.3 Å². The van der Waals surface area contributed by atoms with Crippen LogP contribution in [0.3, 0.4) is 0 Å². The average molecular weight is 315 g/mol. The Morgan fingerprint density at radius 1 is 1.32 bits per heavy atom. The summed E-state index contributed by atoms with van der Waals surface area (Å²) in [4.78, 5) is 24.2. The summed E-state index contributed by atoms with van der Waals surface area (Å²) in [6.45, 7) is 0. The molecule has 5 N–H and O–H groups in total. The number of halogens is 3. The quantitative estimate of drug-likeness (QED) is 0.523. The molecule has 9 nitrogen and oxygen atoms in total. The number of anilines is 1. The number of carboxylic acid groups (broad SMARTS) is 1. The number of nitrogen functional groups attached to an aromatic ring is 1. The number of nitrogens with zero attached hydrogens (tertiary/aromatic N) is 4. The van der Waals surface area contributed by atoms with E-state index in [0.29, 0.717) is 23.0 Å². The van der Waals surface area contributed by atoms with Gasteiger partial charge in [-0.1, -0.05) is 0 Å². The topological polar surface area (TPSA) is 146 Å². The van der Waals surface area contributed by atoms with Crippen LogP contribution in [0.15, 0.2) is 18.6 Å². The third kappa shape index (κ3) is 3.28. The summed E-state index contributed by atoms with van der Waals surface area (Å²) in [5.74, 6) is -1.82. The Kier molecular flexibility index (Phi) is 3.92. The van der Waals surface area contributed by atoms with Crippen molar-refractivity contribution in [2.24, 2.45) is 0 Å². The number of fused-ring (bicyclic) bond motifs is 1. The molecule has 0 spiro atoms. The van der Waals surface area contributed by atoms with Gasteiger partial charge < -0.3 is 15.8 Å². The van der Waals surface area contributed by atoms with Gasteiger partial charge in [0.1, 0.15) is 17.5 Å². The van der Waals surface area contributed by atoms with Crippen LogP contribution in [0.1, 0.15) is 0 Å². The van der Waals surface area contributed by atoms with Gasteiger partial charge in [-0.15, -0.1) is 0 Å². The lowest BCUT2D eigenvalue weighted by molar-refractivity contribution is -0.192. The van der Waals surface area contributed by atoms with Crippen LogP contribution < -0.4 is 5.73 Å². The van der Waals surface area contributed by atoms with Gasteiger partial charge in [-0.3, -0.25) is 10.1 Å². The van der Waals surface area contributed by atoms with Crippen molar-refractivity contribution in [3.8, 4) is 11.5 Å². The van der Waals surface area contributed by atoms with Gasteiger partial charge >= 0.3 is 12.1 Å². The molecule has 0 aromatic carbocycles. The number of pyridine rings is 1. The smallest absolute Gasteiger partial charge is 0.475 e. The second kappa shape index (κ2) is 5.67. The summed E-state index contributed by atoms with van der Waals surface area (Å²) in [5.41, 5.74) is 7.72. The van der Waals surface area contributed by atoms with Crippen LogP contribution >= 0.6 is 0 Å². The van der Waals surface area contributed by atoms with Gasteiger partial charge in [0.15, 0.2) is 11.8 Å². The summed E-state index contributed by atoms with van der Waals surface area (Å²) in [6, 6.07) is 1.80. The van der Waals surface area contributed by atoms with Crippen LogP contribution in [0.2, 0.25) is 0 Å². The lowest BCUT2D eigenvalue weighted by Gasteiger charge is -1.94. The molecular weight excluding hydrogens is 307 g/mol. The van der Waals surface area contributed by atoms with Crippen molar-refractivity contribution in [2.75, 3.05) is 5.73 Å². The number of aromatic nitrogens is 6. The van der Waals surface area contributed by atoms with E-state index in [1.807, 2.05) is 0 Å². The van der Waals surface area contributed by atoms with Crippen LogP contribution in [-0.4, -0.2) is 47.4 Å². The molecule has 22 heavy (non-hydrogen) atoms. The third-order valence-electron chi connectivity index (χ3n) is 2.30. The van der Waals surface area contributed by atoms with Gasteiger partial charge in [0.05, 0.1) is 5.52 Å². The van der Waals surface area contributed by atoms with Crippen molar-refractivity contribution in [3.63, 3.8) is 0 Å².